The fourth-order valence-electron chi connectivity index (χ4n) is 3.60. The minimum absolute atomic E-state index is 0.145. The summed E-state index contributed by atoms with van der Waals surface area (Å²) in [4.78, 5) is 12.5. The van der Waals surface area contributed by atoms with Gasteiger partial charge in [-0.05, 0) is 62.4 Å². The highest BCUT2D eigenvalue weighted by molar-refractivity contribution is 7.92. The van der Waals surface area contributed by atoms with Crippen molar-refractivity contribution in [2.24, 2.45) is 0 Å². The smallest absolute Gasteiger partial charge is 0.354 e. The average Bonchev–Trinajstić information content (AvgIpc) is 2.78. The van der Waals surface area contributed by atoms with Crippen LogP contribution in [0, 0.1) is 0 Å². The minimum Gasteiger partial charge on any atom is -0.354 e. The van der Waals surface area contributed by atoms with Gasteiger partial charge in [0.05, 0.1) is 21.2 Å². The summed E-state index contributed by atoms with van der Waals surface area (Å²) in [7, 11) is -4.32. The van der Waals surface area contributed by atoms with Crippen molar-refractivity contribution >= 4 is 33.2 Å². The van der Waals surface area contributed by atoms with Gasteiger partial charge in [0.2, 0.25) is 5.91 Å². The molecule has 0 fully saturated rings. The van der Waals surface area contributed by atoms with Crippen LogP contribution in [0.3, 0.4) is 0 Å². The van der Waals surface area contributed by atoms with Crippen LogP contribution < -0.4 is 9.62 Å². The van der Waals surface area contributed by atoms with Gasteiger partial charge in [-0.15, -0.1) is 0 Å². The number of hydrogen-bond acceptors (Lipinski definition) is 3. The van der Waals surface area contributed by atoms with E-state index >= 15 is 0 Å². The highest BCUT2D eigenvalue weighted by atomic mass is 35.5. The number of anilines is 1. The maximum absolute atomic E-state index is 13.4. The lowest BCUT2D eigenvalue weighted by atomic mass is 9.97. The number of benzene rings is 2. The van der Waals surface area contributed by atoms with Gasteiger partial charge in [-0.2, -0.15) is 13.2 Å². The number of alkyl halides is 3. The first-order chi connectivity index (χ1) is 15.6. The van der Waals surface area contributed by atoms with Crippen molar-refractivity contribution in [1.29, 1.82) is 0 Å². The van der Waals surface area contributed by atoms with E-state index in [1.54, 1.807) is 6.07 Å². The van der Waals surface area contributed by atoms with Gasteiger partial charge in [0.15, 0.2) is 0 Å². The molecule has 0 spiro atoms. The summed E-state index contributed by atoms with van der Waals surface area (Å²) in [5.74, 6) is -0.616. The zero-order chi connectivity index (χ0) is 24.1. The molecule has 0 aromatic heterocycles. The van der Waals surface area contributed by atoms with E-state index in [1.165, 1.54) is 29.8 Å². The topological polar surface area (TPSA) is 66.5 Å². The molecule has 1 aliphatic carbocycles. The molecule has 1 N–H and O–H groups in total. The van der Waals surface area contributed by atoms with Crippen LogP contribution >= 0.6 is 11.6 Å². The Morgan fingerprint density at radius 2 is 1.82 bits per heavy atom. The van der Waals surface area contributed by atoms with E-state index in [4.69, 9.17) is 11.6 Å². The molecule has 0 aliphatic heterocycles. The summed E-state index contributed by atoms with van der Waals surface area (Å²) >= 11 is 5.69. The molecular weight excluding hydrogens is 477 g/mol. The fourth-order valence-corrected chi connectivity index (χ4v) is 5.26. The van der Waals surface area contributed by atoms with Gasteiger partial charge in [0, 0.05) is 6.54 Å². The number of sulfonamides is 1. The van der Waals surface area contributed by atoms with Crippen LogP contribution in [-0.4, -0.2) is 27.4 Å². The molecule has 5 nitrogen and oxygen atoms in total. The summed E-state index contributed by atoms with van der Waals surface area (Å²) in [5, 5.41) is 2.11. The van der Waals surface area contributed by atoms with E-state index in [9.17, 15) is 26.4 Å². The molecule has 0 heterocycles. The second-order valence-corrected chi connectivity index (χ2v) is 9.96. The van der Waals surface area contributed by atoms with Crippen LogP contribution in [0.2, 0.25) is 5.02 Å². The molecule has 2 aromatic rings. The number of halogens is 4. The molecule has 0 saturated heterocycles. The number of hydrogen-bond donors (Lipinski definition) is 1. The third-order valence-electron chi connectivity index (χ3n) is 5.32. The van der Waals surface area contributed by atoms with Gasteiger partial charge in [0.25, 0.3) is 10.0 Å². The summed E-state index contributed by atoms with van der Waals surface area (Å²) in [6, 6.07) is 9.99. The molecule has 33 heavy (non-hydrogen) atoms. The number of amides is 1. The van der Waals surface area contributed by atoms with Crippen LogP contribution in [0.25, 0.3) is 0 Å². The van der Waals surface area contributed by atoms with Gasteiger partial charge in [-0.1, -0.05) is 41.4 Å². The number of carbonyl (C=O) groups excluding carboxylic acids is 1. The Labute approximate surface area is 196 Å². The van der Waals surface area contributed by atoms with E-state index in [2.05, 4.69) is 11.4 Å². The molecule has 1 amide bonds. The number of nitrogens with one attached hydrogen (secondary N) is 1. The molecule has 0 unspecified atom stereocenters. The van der Waals surface area contributed by atoms with Gasteiger partial charge in [0.1, 0.15) is 6.54 Å². The van der Waals surface area contributed by atoms with E-state index in [-0.39, 0.29) is 10.6 Å². The molecule has 3 rings (SSSR count). The zero-order valence-corrected chi connectivity index (χ0v) is 19.3. The highest BCUT2D eigenvalue weighted by Crippen LogP contribution is 2.38. The predicted octanol–water partition coefficient (Wildman–Crippen LogP) is 5.56. The number of rotatable bonds is 8. The van der Waals surface area contributed by atoms with Gasteiger partial charge >= 0.3 is 6.18 Å². The van der Waals surface area contributed by atoms with Crippen LogP contribution in [0.15, 0.2) is 65.1 Å². The number of allylic oxidation sites excluding steroid dienone is 1. The summed E-state index contributed by atoms with van der Waals surface area (Å²) in [5.41, 5.74) is -0.247. The van der Waals surface area contributed by atoms with Gasteiger partial charge in [-0.25, -0.2) is 8.42 Å². The quantitative estimate of drug-likeness (QED) is 0.482. The third kappa shape index (κ3) is 6.51. The largest absolute Gasteiger partial charge is 0.417 e. The molecule has 2 aromatic carbocycles. The van der Waals surface area contributed by atoms with E-state index in [1.807, 2.05) is 0 Å². The van der Waals surface area contributed by atoms with Crippen LogP contribution in [0.1, 0.15) is 37.7 Å². The first-order valence-corrected chi connectivity index (χ1v) is 12.3. The lowest BCUT2D eigenvalue weighted by Crippen LogP contribution is -2.41. The normalized spacial score (nSPS) is 14.5. The molecule has 1 aliphatic rings. The summed E-state index contributed by atoms with van der Waals surface area (Å²) < 4.78 is 67.3. The Morgan fingerprint density at radius 1 is 1.09 bits per heavy atom. The first-order valence-electron chi connectivity index (χ1n) is 10.5. The second kappa shape index (κ2) is 10.6. The van der Waals surface area contributed by atoms with Crippen molar-refractivity contribution in [3.63, 3.8) is 0 Å². The van der Waals surface area contributed by atoms with Crippen LogP contribution in [0.5, 0.6) is 0 Å². The lowest BCUT2D eigenvalue weighted by molar-refractivity contribution is -0.137. The van der Waals surface area contributed by atoms with Gasteiger partial charge < -0.3 is 5.32 Å². The first kappa shape index (κ1) is 25.1. The second-order valence-electron chi connectivity index (χ2n) is 7.69. The Hall–Kier alpha value is -2.52. The summed E-state index contributed by atoms with van der Waals surface area (Å²) in [6.07, 6.45) is 2.22. The zero-order valence-electron chi connectivity index (χ0n) is 17.7. The predicted molar refractivity (Wildman–Crippen MR) is 122 cm³/mol. The third-order valence-corrected chi connectivity index (χ3v) is 7.43. The Kier molecular flexibility index (Phi) is 8.07. The minimum atomic E-state index is -4.79. The maximum Gasteiger partial charge on any atom is 0.417 e. The van der Waals surface area contributed by atoms with Crippen molar-refractivity contribution in [1.82, 2.24) is 5.32 Å². The van der Waals surface area contributed by atoms with E-state index in [0.29, 0.717) is 23.3 Å². The number of carbonyl (C=O) groups is 1. The van der Waals surface area contributed by atoms with Crippen molar-refractivity contribution in [3.05, 3.63) is 70.8 Å². The Bertz CT molecular complexity index is 1120. The molecule has 0 saturated carbocycles. The molecule has 178 valence electrons. The monoisotopic (exact) mass is 500 g/mol. The van der Waals surface area contributed by atoms with E-state index in [0.717, 1.165) is 37.8 Å². The van der Waals surface area contributed by atoms with Crippen molar-refractivity contribution in [2.75, 3.05) is 17.4 Å². The molecule has 0 radical (unpaired) electrons. The average molecular weight is 501 g/mol. The molecule has 10 heteroatoms. The van der Waals surface area contributed by atoms with E-state index < -0.39 is 39.2 Å². The van der Waals surface area contributed by atoms with Crippen LogP contribution in [-0.2, 0) is 21.0 Å². The maximum atomic E-state index is 13.4. The van der Waals surface area contributed by atoms with Crippen molar-refractivity contribution in [3.8, 4) is 0 Å². The lowest BCUT2D eigenvalue weighted by Gasteiger charge is -2.25. The highest BCUT2D eigenvalue weighted by Gasteiger charge is 2.35. The number of nitrogens with zero attached hydrogens (tertiary/aromatic N) is 1. The van der Waals surface area contributed by atoms with Crippen LogP contribution in [0.4, 0.5) is 18.9 Å². The standard InChI is InChI=1S/C23H24ClF3N2O3S/c24-21-12-11-18(15-20(21)23(25,26)27)29(33(31,32)19-9-5-2-6-10-19)16-22(30)28-14-13-17-7-3-1-4-8-17/h2,5-7,9-12,15H,1,3-4,8,13-14,16H2,(H,28,30). The molecule has 0 bridgehead atoms. The Balaban J connectivity index is 1.87. The molecule has 0 atom stereocenters. The molecular formula is C23H24ClF3N2O3S. The van der Waals surface area contributed by atoms with Crippen molar-refractivity contribution in [2.45, 2.75) is 43.2 Å². The Morgan fingerprint density at radius 3 is 2.45 bits per heavy atom. The summed E-state index contributed by atoms with van der Waals surface area (Å²) in [6.45, 7) is -0.354. The van der Waals surface area contributed by atoms with Crippen molar-refractivity contribution < 1.29 is 26.4 Å². The SMILES string of the molecule is O=C(CN(c1ccc(Cl)c(C(F)(F)F)c1)S(=O)(=O)c1ccccc1)NCCC1=CCCCC1. The fraction of sp³-hybridized carbons (Fsp3) is 0.348. The van der Waals surface area contributed by atoms with Gasteiger partial charge in [-0.3, -0.25) is 9.10 Å².